The number of hydrogen-bond donors (Lipinski definition) is 0. The first-order valence-corrected chi connectivity index (χ1v) is 4.38. The summed E-state index contributed by atoms with van der Waals surface area (Å²) in [6, 6.07) is 0. The molecule has 0 aliphatic carbocycles. The van der Waals surface area contributed by atoms with Crippen molar-refractivity contribution < 1.29 is 4.43 Å². The lowest BCUT2D eigenvalue weighted by molar-refractivity contribution is 0.177. The highest BCUT2D eigenvalue weighted by atomic mass is 28.2. The van der Waals surface area contributed by atoms with E-state index >= 15 is 0 Å². The number of rotatable bonds is 5. The van der Waals surface area contributed by atoms with Gasteiger partial charge in [-0.2, -0.15) is 0 Å². The molecule has 10 heavy (non-hydrogen) atoms. The molecule has 0 saturated carbocycles. The van der Waals surface area contributed by atoms with Crippen molar-refractivity contribution in [2.24, 2.45) is 0 Å². The second-order valence-electron chi connectivity index (χ2n) is 2.32. The Bertz CT molecular complexity index is 112. The van der Waals surface area contributed by atoms with Gasteiger partial charge < -0.3 is 4.43 Å². The van der Waals surface area contributed by atoms with E-state index < -0.39 is 0 Å². The first-order valence-electron chi connectivity index (χ1n) is 3.57. The molecule has 0 aromatic heterocycles. The second-order valence-corrected chi connectivity index (χ2v) is 2.73. The summed E-state index contributed by atoms with van der Waals surface area (Å²) in [4.78, 5) is 0. The third-order valence-corrected chi connectivity index (χ3v) is 2.47. The highest BCUT2D eigenvalue weighted by molar-refractivity contribution is 5.98. The van der Waals surface area contributed by atoms with Crippen LogP contribution in [0.15, 0.2) is 25.3 Å². The standard InChI is InChI=1S/C8H16OSi/c1-4-7-8(5-2,6-3)9-10/h5-6H,2-4,7H2,1,10H3. The van der Waals surface area contributed by atoms with E-state index in [-0.39, 0.29) is 5.60 Å². The monoisotopic (exact) mass is 156 g/mol. The Hall–Kier alpha value is -0.343. The van der Waals surface area contributed by atoms with Crippen molar-refractivity contribution in [3.8, 4) is 0 Å². The summed E-state index contributed by atoms with van der Waals surface area (Å²) in [6.45, 7) is 9.57. The molecule has 2 heteroatoms. The van der Waals surface area contributed by atoms with Gasteiger partial charge >= 0.3 is 0 Å². The minimum atomic E-state index is -0.235. The van der Waals surface area contributed by atoms with Gasteiger partial charge in [0.15, 0.2) is 0 Å². The zero-order valence-corrected chi connectivity index (χ0v) is 8.89. The first kappa shape index (κ1) is 9.66. The molecule has 0 unspecified atom stereocenters. The maximum Gasteiger partial charge on any atom is 0.147 e. The molecule has 0 aromatic carbocycles. The Morgan fingerprint density at radius 3 is 2.10 bits per heavy atom. The van der Waals surface area contributed by atoms with E-state index in [2.05, 4.69) is 20.1 Å². The summed E-state index contributed by atoms with van der Waals surface area (Å²) < 4.78 is 5.38. The summed E-state index contributed by atoms with van der Waals surface area (Å²) in [6.07, 6.45) is 5.75. The van der Waals surface area contributed by atoms with Gasteiger partial charge in [-0.1, -0.05) is 38.7 Å². The van der Waals surface area contributed by atoms with Gasteiger partial charge in [0.25, 0.3) is 0 Å². The summed E-state index contributed by atoms with van der Waals surface area (Å²) >= 11 is 0. The fraction of sp³-hybridized carbons (Fsp3) is 0.500. The largest absolute Gasteiger partial charge is 0.416 e. The van der Waals surface area contributed by atoms with Gasteiger partial charge in [0.1, 0.15) is 10.5 Å². The van der Waals surface area contributed by atoms with E-state index in [9.17, 15) is 0 Å². The zero-order chi connectivity index (χ0) is 8.04. The highest BCUT2D eigenvalue weighted by Gasteiger charge is 2.18. The van der Waals surface area contributed by atoms with E-state index in [1.165, 1.54) is 0 Å². The van der Waals surface area contributed by atoms with E-state index in [1.54, 1.807) is 0 Å². The van der Waals surface area contributed by atoms with E-state index in [0.29, 0.717) is 0 Å². The van der Waals surface area contributed by atoms with Crippen LogP contribution >= 0.6 is 0 Å². The molecule has 58 valence electrons. The topological polar surface area (TPSA) is 9.23 Å². The van der Waals surface area contributed by atoms with Gasteiger partial charge in [-0.05, 0) is 6.42 Å². The Labute approximate surface area is 66.3 Å². The molecule has 0 aliphatic rings. The van der Waals surface area contributed by atoms with Gasteiger partial charge in [0, 0.05) is 0 Å². The van der Waals surface area contributed by atoms with Crippen LogP contribution in [0.25, 0.3) is 0 Å². The van der Waals surface area contributed by atoms with E-state index in [4.69, 9.17) is 4.43 Å². The van der Waals surface area contributed by atoms with Gasteiger partial charge in [-0.3, -0.25) is 0 Å². The molecule has 0 aliphatic heterocycles. The summed E-state index contributed by atoms with van der Waals surface area (Å²) in [7, 11) is 0.737. The van der Waals surface area contributed by atoms with Crippen molar-refractivity contribution in [1.29, 1.82) is 0 Å². The minimum absolute atomic E-state index is 0.235. The summed E-state index contributed by atoms with van der Waals surface area (Å²) in [5, 5.41) is 0. The van der Waals surface area contributed by atoms with Crippen LogP contribution in [0.1, 0.15) is 19.8 Å². The van der Waals surface area contributed by atoms with Crippen molar-refractivity contribution in [2.45, 2.75) is 25.4 Å². The molecule has 0 heterocycles. The van der Waals surface area contributed by atoms with Crippen molar-refractivity contribution in [2.75, 3.05) is 0 Å². The predicted molar refractivity (Wildman–Crippen MR) is 49.1 cm³/mol. The molecular weight excluding hydrogens is 140 g/mol. The normalized spacial score (nSPS) is 11.3. The fourth-order valence-corrected chi connectivity index (χ4v) is 1.48. The lowest BCUT2D eigenvalue weighted by Crippen LogP contribution is -2.25. The molecule has 0 atom stereocenters. The van der Waals surface area contributed by atoms with Crippen LogP contribution in [0.2, 0.25) is 0 Å². The third kappa shape index (κ3) is 2.12. The van der Waals surface area contributed by atoms with Crippen molar-refractivity contribution in [3.05, 3.63) is 25.3 Å². The summed E-state index contributed by atoms with van der Waals surface area (Å²) in [5.41, 5.74) is -0.235. The van der Waals surface area contributed by atoms with Crippen LogP contribution in [-0.2, 0) is 4.43 Å². The quantitative estimate of drug-likeness (QED) is 0.429. The first-order chi connectivity index (χ1) is 4.74. The Balaban J connectivity index is 4.14. The van der Waals surface area contributed by atoms with Crippen LogP contribution in [0, 0.1) is 0 Å². The van der Waals surface area contributed by atoms with E-state index in [1.807, 2.05) is 12.2 Å². The Morgan fingerprint density at radius 2 is 2.00 bits per heavy atom. The van der Waals surface area contributed by atoms with Crippen LogP contribution < -0.4 is 0 Å². The average Bonchev–Trinajstić information content (AvgIpc) is 2.01. The van der Waals surface area contributed by atoms with Crippen LogP contribution in [0.5, 0.6) is 0 Å². The molecule has 0 N–H and O–H groups in total. The van der Waals surface area contributed by atoms with Crippen LogP contribution in [0.3, 0.4) is 0 Å². The SMILES string of the molecule is C=CC(C=C)(CCC)O[SiH3]. The molecule has 0 bridgehead atoms. The molecule has 0 saturated heterocycles. The zero-order valence-electron chi connectivity index (χ0n) is 6.89. The van der Waals surface area contributed by atoms with Crippen molar-refractivity contribution in [1.82, 2.24) is 0 Å². The Kier molecular flexibility index (Phi) is 4.32. The van der Waals surface area contributed by atoms with Crippen molar-refractivity contribution >= 4 is 10.5 Å². The highest BCUT2D eigenvalue weighted by Crippen LogP contribution is 2.18. The lowest BCUT2D eigenvalue weighted by atomic mass is 9.99. The average molecular weight is 156 g/mol. The molecule has 0 fully saturated rings. The molecule has 0 spiro atoms. The summed E-state index contributed by atoms with van der Waals surface area (Å²) in [5.74, 6) is 0. The van der Waals surface area contributed by atoms with Crippen molar-refractivity contribution in [3.63, 3.8) is 0 Å². The maximum absolute atomic E-state index is 5.38. The molecule has 1 nitrogen and oxygen atoms in total. The smallest absolute Gasteiger partial charge is 0.147 e. The van der Waals surface area contributed by atoms with Gasteiger partial charge in [-0.15, -0.1) is 0 Å². The second kappa shape index (κ2) is 4.47. The van der Waals surface area contributed by atoms with Crippen LogP contribution in [0.4, 0.5) is 0 Å². The van der Waals surface area contributed by atoms with E-state index in [0.717, 1.165) is 23.3 Å². The molecule has 0 rings (SSSR count). The fourth-order valence-electron chi connectivity index (χ4n) is 0.947. The lowest BCUT2D eigenvalue weighted by Gasteiger charge is -2.24. The van der Waals surface area contributed by atoms with Gasteiger partial charge in [0.2, 0.25) is 0 Å². The number of hydrogen-bond acceptors (Lipinski definition) is 1. The maximum atomic E-state index is 5.38. The molecule has 0 aromatic rings. The minimum Gasteiger partial charge on any atom is -0.416 e. The van der Waals surface area contributed by atoms with Gasteiger partial charge in [0.05, 0.1) is 5.60 Å². The molecule has 0 radical (unpaired) electrons. The molecular formula is C8H16OSi. The predicted octanol–water partition coefficient (Wildman–Crippen LogP) is 1.19. The van der Waals surface area contributed by atoms with Crippen LogP contribution in [-0.4, -0.2) is 16.1 Å². The van der Waals surface area contributed by atoms with Gasteiger partial charge in [-0.25, -0.2) is 0 Å². The Morgan fingerprint density at radius 1 is 1.50 bits per heavy atom. The third-order valence-electron chi connectivity index (χ3n) is 1.71. The molecule has 0 amide bonds.